The first-order chi connectivity index (χ1) is 15.3. The Labute approximate surface area is 189 Å². The maximum Gasteiger partial charge on any atom is 0.263 e. The summed E-state index contributed by atoms with van der Waals surface area (Å²) in [7, 11) is 9.41. The van der Waals surface area contributed by atoms with Crippen LogP contribution in [-0.2, 0) is 7.05 Å². The van der Waals surface area contributed by atoms with Gasteiger partial charge in [-0.1, -0.05) is 36.4 Å². The van der Waals surface area contributed by atoms with Gasteiger partial charge in [0.2, 0.25) is 5.95 Å². The number of rotatable bonds is 8. The fraction of sp³-hybridized carbons (Fsp3) is 0.320. The molecule has 1 aromatic heterocycles. The molecule has 0 amide bonds. The number of nitrogens with zero attached hydrogens (tertiary/aromatic N) is 5. The second-order valence-electron chi connectivity index (χ2n) is 7.97. The van der Waals surface area contributed by atoms with Crippen LogP contribution in [0.1, 0.15) is 6.42 Å². The summed E-state index contributed by atoms with van der Waals surface area (Å²) in [5.41, 5.74) is 3.11. The largest absolute Gasteiger partial charge is 0.497 e. The highest BCUT2D eigenvalue weighted by atomic mass is 16.5. The van der Waals surface area contributed by atoms with Crippen LogP contribution in [0.25, 0.3) is 27.2 Å². The monoisotopic (exact) mass is 431 g/mol. The van der Waals surface area contributed by atoms with Crippen LogP contribution in [0.2, 0.25) is 0 Å². The fourth-order valence-corrected chi connectivity index (χ4v) is 3.58. The number of ether oxygens (including phenoxy) is 1. The second kappa shape index (κ2) is 10.1. The Morgan fingerprint density at radius 1 is 1.00 bits per heavy atom. The van der Waals surface area contributed by atoms with Gasteiger partial charge in [0.15, 0.2) is 5.69 Å². The normalized spacial score (nSPS) is 10.8. The van der Waals surface area contributed by atoms with Crippen LogP contribution < -0.4 is 15.2 Å². The minimum Gasteiger partial charge on any atom is -0.497 e. The zero-order valence-corrected chi connectivity index (χ0v) is 19.3. The lowest BCUT2D eigenvalue weighted by atomic mass is 10.00. The van der Waals surface area contributed by atoms with Crippen molar-refractivity contribution in [3.05, 3.63) is 70.3 Å². The summed E-state index contributed by atoms with van der Waals surface area (Å²) in [4.78, 5) is 26.1. The fourth-order valence-electron chi connectivity index (χ4n) is 3.58. The molecule has 0 N–H and O–H groups in total. The molecule has 0 aliphatic heterocycles. The van der Waals surface area contributed by atoms with Gasteiger partial charge >= 0.3 is 0 Å². The Morgan fingerprint density at radius 3 is 2.19 bits per heavy atom. The molecule has 3 rings (SSSR count). The van der Waals surface area contributed by atoms with Crippen LogP contribution >= 0.6 is 0 Å². The van der Waals surface area contributed by atoms with Crippen molar-refractivity contribution in [2.45, 2.75) is 6.42 Å². The molecule has 7 heteroatoms. The van der Waals surface area contributed by atoms with E-state index in [9.17, 15) is 4.79 Å². The molecule has 0 atom stereocenters. The van der Waals surface area contributed by atoms with E-state index in [1.54, 1.807) is 30.9 Å². The first-order valence-corrected chi connectivity index (χ1v) is 10.4. The van der Waals surface area contributed by atoms with Crippen molar-refractivity contribution in [3.8, 4) is 28.1 Å². The summed E-state index contributed by atoms with van der Waals surface area (Å²) in [6.45, 7) is 8.94. The number of methoxy groups -OCH3 is 1. The van der Waals surface area contributed by atoms with Gasteiger partial charge in [-0.25, -0.2) is 9.83 Å². The van der Waals surface area contributed by atoms with Crippen LogP contribution in [0.3, 0.4) is 0 Å². The number of benzene rings is 2. The Kier molecular flexibility index (Phi) is 7.29. The van der Waals surface area contributed by atoms with Crippen LogP contribution in [0.5, 0.6) is 5.75 Å². The van der Waals surface area contributed by atoms with E-state index < -0.39 is 0 Å². The highest BCUT2D eigenvalue weighted by Crippen LogP contribution is 2.31. The lowest BCUT2D eigenvalue weighted by Gasteiger charge is -2.23. The minimum absolute atomic E-state index is 0.121. The third kappa shape index (κ3) is 4.98. The van der Waals surface area contributed by atoms with E-state index in [-0.39, 0.29) is 5.56 Å². The molecule has 3 aromatic rings. The molecule has 0 saturated carbocycles. The highest BCUT2D eigenvalue weighted by molar-refractivity contribution is 5.81. The van der Waals surface area contributed by atoms with Gasteiger partial charge in [-0.15, -0.1) is 0 Å². The summed E-state index contributed by atoms with van der Waals surface area (Å²) in [6, 6.07) is 14.6. The second-order valence-corrected chi connectivity index (χ2v) is 7.97. The van der Waals surface area contributed by atoms with Gasteiger partial charge in [0.1, 0.15) is 5.75 Å². The van der Waals surface area contributed by atoms with Crippen molar-refractivity contribution in [1.29, 1.82) is 0 Å². The quantitative estimate of drug-likeness (QED) is 0.504. The van der Waals surface area contributed by atoms with Crippen molar-refractivity contribution in [2.24, 2.45) is 7.05 Å². The van der Waals surface area contributed by atoms with Crippen molar-refractivity contribution >= 4 is 11.6 Å². The Hall–Kier alpha value is -3.63. The van der Waals surface area contributed by atoms with Gasteiger partial charge in [0.25, 0.3) is 5.56 Å². The molecular formula is C25H29N5O2. The molecule has 0 aliphatic rings. The van der Waals surface area contributed by atoms with Crippen LogP contribution in [0, 0.1) is 6.57 Å². The predicted octanol–water partition coefficient (Wildman–Crippen LogP) is 4.06. The summed E-state index contributed by atoms with van der Waals surface area (Å²) < 4.78 is 6.87. The van der Waals surface area contributed by atoms with Crippen LogP contribution in [-0.4, -0.2) is 55.8 Å². The summed E-state index contributed by atoms with van der Waals surface area (Å²) in [5.74, 6) is 1.33. The number of aromatic nitrogens is 2. The smallest absolute Gasteiger partial charge is 0.263 e. The lowest BCUT2D eigenvalue weighted by Crippen LogP contribution is -2.32. The van der Waals surface area contributed by atoms with E-state index in [0.717, 1.165) is 36.4 Å². The van der Waals surface area contributed by atoms with Gasteiger partial charge in [0, 0.05) is 20.6 Å². The Bertz CT molecular complexity index is 1160. The summed E-state index contributed by atoms with van der Waals surface area (Å²) in [5, 5.41) is 0. The molecule has 0 saturated heterocycles. The average molecular weight is 432 g/mol. The van der Waals surface area contributed by atoms with Gasteiger partial charge in [-0.05, 0) is 50.3 Å². The molecule has 166 valence electrons. The van der Waals surface area contributed by atoms with Crippen LogP contribution in [0.15, 0.2) is 53.3 Å². The Balaban J connectivity index is 2.15. The topological polar surface area (TPSA) is 55.0 Å². The predicted molar refractivity (Wildman–Crippen MR) is 130 cm³/mol. The summed E-state index contributed by atoms with van der Waals surface area (Å²) >= 11 is 0. The van der Waals surface area contributed by atoms with E-state index in [2.05, 4.69) is 9.74 Å². The molecule has 0 unspecified atom stereocenters. The molecule has 0 radical (unpaired) electrons. The van der Waals surface area contributed by atoms with Gasteiger partial charge in [0.05, 0.1) is 24.9 Å². The minimum atomic E-state index is -0.121. The molecule has 0 aliphatic carbocycles. The molecule has 0 spiro atoms. The highest BCUT2D eigenvalue weighted by Gasteiger charge is 2.20. The first-order valence-electron chi connectivity index (χ1n) is 10.4. The maximum absolute atomic E-state index is 13.6. The standard InChI is InChI=1S/C25H29N5O2/c1-26-20-12-8-19(9-13-20)23-22(18-10-14-21(32-6)15-11-18)24(31)30(5)25(27-23)29(4)17-7-16-28(2)3/h8-15H,7,16-17H2,2-6H3. The molecular weight excluding hydrogens is 402 g/mol. The van der Waals surface area contributed by atoms with Gasteiger partial charge in [-0.3, -0.25) is 9.36 Å². The number of anilines is 1. The molecule has 0 fully saturated rings. The van der Waals surface area contributed by atoms with E-state index in [4.69, 9.17) is 16.3 Å². The SMILES string of the molecule is [C-]#[N+]c1ccc(-c2nc(N(C)CCCN(C)C)n(C)c(=O)c2-c2ccc(OC)cc2)cc1. The average Bonchev–Trinajstić information content (AvgIpc) is 2.80. The number of hydrogen-bond acceptors (Lipinski definition) is 5. The zero-order valence-electron chi connectivity index (χ0n) is 19.3. The van der Waals surface area contributed by atoms with E-state index in [0.29, 0.717) is 22.9 Å². The molecule has 1 heterocycles. The van der Waals surface area contributed by atoms with Gasteiger partial charge in [-0.2, -0.15) is 0 Å². The van der Waals surface area contributed by atoms with Crippen molar-refractivity contribution in [1.82, 2.24) is 14.5 Å². The van der Waals surface area contributed by atoms with Gasteiger partial charge < -0.3 is 14.5 Å². The number of hydrogen-bond donors (Lipinski definition) is 0. The van der Waals surface area contributed by atoms with E-state index >= 15 is 0 Å². The van der Waals surface area contributed by atoms with Crippen molar-refractivity contribution in [3.63, 3.8) is 0 Å². The Morgan fingerprint density at radius 2 is 1.62 bits per heavy atom. The summed E-state index contributed by atoms with van der Waals surface area (Å²) in [6.07, 6.45) is 0.953. The molecule has 0 bridgehead atoms. The zero-order chi connectivity index (χ0) is 23.3. The maximum atomic E-state index is 13.6. The van der Waals surface area contributed by atoms with Crippen LogP contribution in [0.4, 0.5) is 11.6 Å². The first kappa shape index (κ1) is 23.0. The third-order valence-corrected chi connectivity index (χ3v) is 5.36. The van der Waals surface area contributed by atoms with E-state index in [1.807, 2.05) is 62.4 Å². The molecule has 2 aromatic carbocycles. The lowest BCUT2D eigenvalue weighted by molar-refractivity contribution is 0.401. The third-order valence-electron chi connectivity index (χ3n) is 5.36. The molecule has 7 nitrogen and oxygen atoms in total. The van der Waals surface area contributed by atoms with E-state index in [1.165, 1.54) is 0 Å². The molecule has 32 heavy (non-hydrogen) atoms. The van der Waals surface area contributed by atoms with Crippen molar-refractivity contribution in [2.75, 3.05) is 46.2 Å². The van der Waals surface area contributed by atoms with Crippen molar-refractivity contribution < 1.29 is 4.74 Å².